The van der Waals surface area contributed by atoms with Crippen molar-refractivity contribution in [3.05, 3.63) is 23.9 Å². The van der Waals surface area contributed by atoms with Crippen molar-refractivity contribution in [1.29, 1.82) is 0 Å². The van der Waals surface area contributed by atoms with Gasteiger partial charge in [-0.25, -0.2) is 9.78 Å². The largest absolute Gasteiger partial charge is 0.481 e. The summed E-state index contributed by atoms with van der Waals surface area (Å²) >= 11 is 0. The smallest absolute Gasteiger partial charge is 0.317 e. The van der Waals surface area contributed by atoms with Crippen LogP contribution in [0.3, 0.4) is 0 Å². The molecule has 2 N–H and O–H groups in total. The molecular formula is C16H23N3O4. The van der Waals surface area contributed by atoms with Gasteiger partial charge in [0, 0.05) is 31.4 Å². The van der Waals surface area contributed by atoms with Gasteiger partial charge in [0.25, 0.3) is 0 Å². The van der Waals surface area contributed by atoms with E-state index in [1.807, 2.05) is 6.07 Å². The van der Waals surface area contributed by atoms with Crippen molar-refractivity contribution < 1.29 is 19.4 Å². The number of nitrogens with one attached hydrogen (secondary N) is 1. The van der Waals surface area contributed by atoms with Crippen LogP contribution in [0.1, 0.15) is 31.7 Å². The third kappa shape index (κ3) is 4.84. The van der Waals surface area contributed by atoms with Gasteiger partial charge in [0.15, 0.2) is 0 Å². The van der Waals surface area contributed by atoms with Crippen molar-refractivity contribution in [1.82, 2.24) is 15.2 Å². The first-order valence-electron chi connectivity index (χ1n) is 7.94. The third-order valence-electron chi connectivity index (χ3n) is 3.84. The minimum atomic E-state index is -0.848. The van der Waals surface area contributed by atoms with E-state index in [2.05, 4.69) is 17.2 Å². The number of aliphatic carboxylic acids is 1. The number of hydrogen-bond donors (Lipinski definition) is 2. The first-order chi connectivity index (χ1) is 11.1. The predicted molar refractivity (Wildman–Crippen MR) is 84.2 cm³/mol. The van der Waals surface area contributed by atoms with Crippen LogP contribution in [0.25, 0.3) is 0 Å². The molecule has 0 saturated carbocycles. The van der Waals surface area contributed by atoms with Gasteiger partial charge in [0.2, 0.25) is 5.88 Å². The summed E-state index contributed by atoms with van der Waals surface area (Å²) in [7, 11) is 0. The number of amides is 2. The number of aromatic nitrogens is 1. The van der Waals surface area contributed by atoms with Gasteiger partial charge in [-0.2, -0.15) is 0 Å². The predicted octanol–water partition coefficient (Wildman–Crippen LogP) is 1.88. The van der Waals surface area contributed by atoms with Crippen LogP contribution in [0.2, 0.25) is 0 Å². The standard InChI is InChI=1S/C16H23N3O4/c1-2-3-9-23-14-12(5-4-7-17-14)10-18-16(22)19-8-6-13(11-19)15(20)21/h4-5,7,13H,2-3,6,8-11H2,1H3,(H,18,22)(H,20,21). The zero-order chi connectivity index (χ0) is 16.7. The molecule has 0 aromatic carbocycles. The molecule has 1 aromatic rings. The molecular weight excluding hydrogens is 298 g/mol. The van der Waals surface area contributed by atoms with Crippen LogP contribution in [0.15, 0.2) is 18.3 Å². The number of pyridine rings is 1. The Morgan fingerprint density at radius 1 is 1.52 bits per heavy atom. The van der Waals surface area contributed by atoms with Crippen molar-refractivity contribution in [2.75, 3.05) is 19.7 Å². The van der Waals surface area contributed by atoms with Crippen LogP contribution in [0.5, 0.6) is 5.88 Å². The zero-order valence-corrected chi connectivity index (χ0v) is 13.3. The summed E-state index contributed by atoms with van der Waals surface area (Å²) in [6.07, 6.45) is 4.15. The second kappa shape index (κ2) is 8.36. The van der Waals surface area contributed by atoms with E-state index in [9.17, 15) is 9.59 Å². The van der Waals surface area contributed by atoms with Crippen molar-refractivity contribution in [3.63, 3.8) is 0 Å². The highest BCUT2D eigenvalue weighted by atomic mass is 16.5. The fourth-order valence-electron chi connectivity index (χ4n) is 2.43. The monoisotopic (exact) mass is 321 g/mol. The van der Waals surface area contributed by atoms with E-state index in [0.717, 1.165) is 18.4 Å². The zero-order valence-electron chi connectivity index (χ0n) is 13.3. The van der Waals surface area contributed by atoms with Gasteiger partial charge < -0.3 is 20.1 Å². The SMILES string of the molecule is CCCCOc1ncccc1CNC(=O)N1CCC(C(=O)O)C1. The molecule has 126 valence electrons. The molecule has 1 aliphatic heterocycles. The van der Waals surface area contributed by atoms with Gasteiger partial charge in [-0.05, 0) is 18.9 Å². The van der Waals surface area contributed by atoms with E-state index >= 15 is 0 Å². The van der Waals surface area contributed by atoms with Crippen LogP contribution in [-0.2, 0) is 11.3 Å². The maximum Gasteiger partial charge on any atom is 0.317 e. The first kappa shape index (κ1) is 17.1. The van der Waals surface area contributed by atoms with Crippen LogP contribution >= 0.6 is 0 Å². The van der Waals surface area contributed by atoms with E-state index in [1.54, 1.807) is 12.3 Å². The lowest BCUT2D eigenvalue weighted by Gasteiger charge is -2.17. The van der Waals surface area contributed by atoms with Gasteiger partial charge in [0.1, 0.15) is 0 Å². The van der Waals surface area contributed by atoms with Crippen LogP contribution in [0.4, 0.5) is 4.79 Å². The Bertz CT molecular complexity index is 550. The van der Waals surface area contributed by atoms with Gasteiger partial charge in [-0.1, -0.05) is 19.4 Å². The lowest BCUT2D eigenvalue weighted by atomic mass is 10.1. The van der Waals surface area contributed by atoms with Crippen molar-refractivity contribution in [2.24, 2.45) is 5.92 Å². The second-order valence-electron chi connectivity index (χ2n) is 5.60. The van der Waals surface area contributed by atoms with Gasteiger partial charge in [-0.3, -0.25) is 4.79 Å². The highest BCUT2D eigenvalue weighted by Crippen LogP contribution is 2.17. The van der Waals surface area contributed by atoms with Crippen LogP contribution in [-0.4, -0.2) is 46.7 Å². The Labute approximate surface area is 135 Å². The molecule has 0 aliphatic carbocycles. The fourth-order valence-corrected chi connectivity index (χ4v) is 2.43. The van der Waals surface area contributed by atoms with Crippen LogP contribution in [0, 0.1) is 5.92 Å². The summed E-state index contributed by atoms with van der Waals surface area (Å²) in [6.45, 7) is 3.72. The molecule has 2 rings (SSSR count). The lowest BCUT2D eigenvalue weighted by molar-refractivity contribution is -0.141. The number of hydrogen-bond acceptors (Lipinski definition) is 4. The Morgan fingerprint density at radius 3 is 3.04 bits per heavy atom. The number of urea groups is 1. The molecule has 0 radical (unpaired) electrons. The molecule has 1 aliphatic rings. The highest BCUT2D eigenvalue weighted by molar-refractivity contribution is 5.77. The maximum absolute atomic E-state index is 12.1. The summed E-state index contributed by atoms with van der Waals surface area (Å²) in [5.41, 5.74) is 0.811. The number of carboxylic acid groups (broad SMARTS) is 1. The summed E-state index contributed by atoms with van der Waals surface area (Å²) in [4.78, 5) is 28.8. The second-order valence-corrected chi connectivity index (χ2v) is 5.60. The molecule has 1 aromatic heterocycles. The molecule has 2 heterocycles. The molecule has 7 heteroatoms. The third-order valence-corrected chi connectivity index (χ3v) is 3.84. The summed E-state index contributed by atoms with van der Waals surface area (Å²) < 4.78 is 5.63. The number of carbonyl (C=O) groups excluding carboxylic acids is 1. The normalized spacial score (nSPS) is 17.1. The van der Waals surface area contributed by atoms with E-state index < -0.39 is 11.9 Å². The number of carbonyl (C=O) groups is 2. The van der Waals surface area contributed by atoms with Gasteiger partial charge in [-0.15, -0.1) is 0 Å². The fraction of sp³-hybridized carbons (Fsp3) is 0.562. The Hall–Kier alpha value is -2.31. The minimum absolute atomic E-state index is 0.253. The number of ether oxygens (including phenoxy) is 1. The molecule has 23 heavy (non-hydrogen) atoms. The molecule has 7 nitrogen and oxygen atoms in total. The topological polar surface area (TPSA) is 91.8 Å². The van der Waals surface area contributed by atoms with E-state index in [1.165, 1.54) is 4.90 Å². The van der Waals surface area contributed by atoms with E-state index in [4.69, 9.17) is 9.84 Å². The highest BCUT2D eigenvalue weighted by Gasteiger charge is 2.30. The number of carboxylic acids is 1. The minimum Gasteiger partial charge on any atom is -0.481 e. The number of nitrogens with zero attached hydrogens (tertiary/aromatic N) is 2. The maximum atomic E-state index is 12.1. The van der Waals surface area contributed by atoms with Gasteiger partial charge >= 0.3 is 12.0 Å². The van der Waals surface area contributed by atoms with Crippen LogP contribution < -0.4 is 10.1 Å². The average Bonchev–Trinajstić information content (AvgIpc) is 3.04. The summed E-state index contributed by atoms with van der Waals surface area (Å²) in [5.74, 6) is -0.780. The Morgan fingerprint density at radius 2 is 2.35 bits per heavy atom. The summed E-state index contributed by atoms with van der Waals surface area (Å²) in [6, 6.07) is 3.40. The van der Waals surface area contributed by atoms with Gasteiger partial charge in [0.05, 0.1) is 12.5 Å². The molecule has 0 bridgehead atoms. The quantitative estimate of drug-likeness (QED) is 0.748. The number of unbranched alkanes of at least 4 members (excludes halogenated alkanes) is 1. The van der Waals surface area contributed by atoms with Crippen molar-refractivity contribution in [2.45, 2.75) is 32.7 Å². The number of likely N-dealkylation sites (tertiary alicyclic amines) is 1. The van der Waals surface area contributed by atoms with Crippen molar-refractivity contribution in [3.8, 4) is 5.88 Å². The van der Waals surface area contributed by atoms with E-state index in [-0.39, 0.29) is 12.6 Å². The molecule has 1 atom stereocenters. The first-order valence-corrected chi connectivity index (χ1v) is 7.94. The van der Waals surface area contributed by atoms with E-state index in [0.29, 0.717) is 32.0 Å². The molecule has 1 unspecified atom stereocenters. The molecule has 2 amide bonds. The average molecular weight is 321 g/mol. The molecule has 1 fully saturated rings. The lowest BCUT2D eigenvalue weighted by Crippen LogP contribution is -2.38. The molecule has 0 spiro atoms. The summed E-state index contributed by atoms with van der Waals surface area (Å²) in [5, 5.41) is 11.8. The van der Waals surface area contributed by atoms with Crippen molar-refractivity contribution >= 4 is 12.0 Å². The molecule has 1 saturated heterocycles. The Balaban J connectivity index is 1.86. The number of rotatable bonds is 7. The Kier molecular flexibility index (Phi) is 6.19.